The molecule has 4 heteroatoms. The van der Waals surface area contributed by atoms with Crippen molar-refractivity contribution in [3.05, 3.63) is 257 Å². The van der Waals surface area contributed by atoms with Gasteiger partial charge in [-0.2, -0.15) is 0 Å². The van der Waals surface area contributed by atoms with Crippen LogP contribution < -0.4 is 16.0 Å². The molecule has 0 radical (unpaired) electrons. The van der Waals surface area contributed by atoms with Crippen molar-refractivity contribution in [1.29, 1.82) is 0 Å². The van der Waals surface area contributed by atoms with Gasteiger partial charge in [0, 0.05) is 21.8 Å². The predicted molar refractivity (Wildman–Crippen MR) is 246 cm³/mol. The normalized spacial score (nSPS) is 18.1. The molecule has 0 saturated carbocycles. The molecule has 60 heavy (non-hydrogen) atoms. The molecule has 2 heterocycles. The molecule has 12 rings (SSSR count). The highest BCUT2D eigenvalue weighted by Crippen LogP contribution is 2.61. The van der Waals surface area contributed by atoms with E-state index in [9.17, 15) is 0 Å². The van der Waals surface area contributed by atoms with E-state index in [1.807, 2.05) is 0 Å². The smallest absolute Gasteiger partial charge is 0.0864 e. The molecule has 9 aromatic carbocycles. The van der Waals surface area contributed by atoms with Crippen LogP contribution in [-0.4, -0.2) is 4.57 Å². The molecule has 0 bridgehead atoms. The summed E-state index contributed by atoms with van der Waals surface area (Å²) in [5.41, 5.74) is 14.5. The number of hydrogen-bond donors (Lipinski definition) is 3. The molecule has 4 nitrogen and oxygen atoms in total. The number of nitrogens with zero attached hydrogens (tertiary/aromatic N) is 1. The van der Waals surface area contributed by atoms with E-state index >= 15 is 0 Å². The maximum absolute atomic E-state index is 3.87. The van der Waals surface area contributed by atoms with Crippen molar-refractivity contribution in [2.75, 3.05) is 0 Å². The van der Waals surface area contributed by atoms with Crippen molar-refractivity contribution < 1.29 is 0 Å². The minimum absolute atomic E-state index is 0.0325. The fourth-order valence-corrected chi connectivity index (χ4v) is 10.5. The predicted octanol–water partition coefficient (Wildman–Crippen LogP) is 12.5. The quantitative estimate of drug-likeness (QED) is 0.158. The lowest BCUT2D eigenvalue weighted by molar-refractivity contribution is 0.203. The van der Waals surface area contributed by atoms with Crippen LogP contribution in [0.4, 0.5) is 0 Å². The molecule has 2 aliphatic rings. The largest absolute Gasteiger partial charge is 0.309 e. The third-order valence-electron chi connectivity index (χ3n) is 13.0. The Morgan fingerprint density at radius 3 is 1.42 bits per heavy atom. The number of benzene rings is 9. The Bertz CT molecular complexity index is 3090. The lowest BCUT2D eigenvalue weighted by Gasteiger charge is -2.39. The Morgan fingerprint density at radius 1 is 0.383 bits per heavy atom. The summed E-state index contributed by atoms with van der Waals surface area (Å²) in [5.74, 6) is 0. The number of para-hydroxylation sites is 1. The van der Waals surface area contributed by atoms with Gasteiger partial charge in [0.05, 0.1) is 34.9 Å². The second kappa shape index (κ2) is 14.0. The lowest BCUT2D eigenvalue weighted by Crippen LogP contribution is -2.54. The molecular weight excluding hydrogens is 729 g/mol. The SMILES string of the molecule is c1ccc(C2NC(c3ccccc3)NC(c3ccc(-n4c5ccccc5c5c6c(c7ccccc7c54)C(c4ccccc4)(c4ccccc4)c4ccccc4-6)cc3)N2)cc1. The molecule has 10 aromatic rings. The van der Waals surface area contributed by atoms with Gasteiger partial charge in [0.2, 0.25) is 0 Å². The summed E-state index contributed by atoms with van der Waals surface area (Å²) in [7, 11) is 0. The van der Waals surface area contributed by atoms with Gasteiger partial charge >= 0.3 is 0 Å². The summed E-state index contributed by atoms with van der Waals surface area (Å²) in [6, 6.07) is 80.0. The molecule has 1 saturated heterocycles. The minimum atomic E-state index is -0.517. The zero-order valence-electron chi connectivity index (χ0n) is 33.0. The van der Waals surface area contributed by atoms with Gasteiger partial charge in [0.15, 0.2) is 0 Å². The van der Waals surface area contributed by atoms with Crippen molar-refractivity contribution in [1.82, 2.24) is 20.5 Å². The minimum Gasteiger partial charge on any atom is -0.309 e. The van der Waals surface area contributed by atoms with E-state index in [1.54, 1.807) is 0 Å². The Balaban J connectivity index is 1.08. The molecule has 3 N–H and O–H groups in total. The van der Waals surface area contributed by atoms with Gasteiger partial charge in [-0.15, -0.1) is 0 Å². The van der Waals surface area contributed by atoms with Crippen LogP contribution in [0.5, 0.6) is 0 Å². The third-order valence-corrected chi connectivity index (χ3v) is 13.0. The standard InChI is InChI=1S/C56H42N4/c1-5-19-37(20-6-1)53-57-54(38-21-7-2-8-22-38)59-55(58-53)39-33-35-42(36-34-39)60-48-32-18-16-30-46(48)50-49-45-29-15-17-31-47(45)56(40-23-9-3-10-24-40,41-25-11-4-12-26-41)51(49)43-27-13-14-28-44(43)52(50)60/h1-36,53-55,57-59H. The Morgan fingerprint density at radius 2 is 0.833 bits per heavy atom. The summed E-state index contributed by atoms with van der Waals surface area (Å²) < 4.78 is 2.51. The van der Waals surface area contributed by atoms with E-state index in [0.29, 0.717) is 0 Å². The van der Waals surface area contributed by atoms with Crippen LogP contribution in [0, 0.1) is 0 Å². The molecule has 2 atom stereocenters. The highest BCUT2D eigenvalue weighted by Gasteiger charge is 2.48. The summed E-state index contributed by atoms with van der Waals surface area (Å²) in [4.78, 5) is 0. The Hall–Kier alpha value is -7.08. The van der Waals surface area contributed by atoms with Gasteiger partial charge in [-0.05, 0) is 73.7 Å². The topological polar surface area (TPSA) is 41.0 Å². The molecule has 286 valence electrons. The molecular formula is C56H42N4. The van der Waals surface area contributed by atoms with Crippen molar-refractivity contribution in [3.8, 4) is 16.8 Å². The number of nitrogens with one attached hydrogen (secondary N) is 3. The van der Waals surface area contributed by atoms with Crippen molar-refractivity contribution in [2.45, 2.75) is 23.9 Å². The molecule has 0 spiro atoms. The number of fused-ring (bicyclic) bond motifs is 10. The van der Waals surface area contributed by atoms with E-state index < -0.39 is 5.41 Å². The van der Waals surface area contributed by atoms with E-state index in [1.165, 1.54) is 82.6 Å². The first kappa shape index (κ1) is 34.9. The first-order valence-corrected chi connectivity index (χ1v) is 21.0. The Labute approximate surface area is 349 Å². The van der Waals surface area contributed by atoms with Crippen molar-refractivity contribution >= 4 is 32.6 Å². The molecule has 0 amide bonds. The average Bonchev–Trinajstić information content (AvgIpc) is 3.85. The number of hydrogen-bond acceptors (Lipinski definition) is 3. The van der Waals surface area contributed by atoms with Crippen LogP contribution in [0.15, 0.2) is 218 Å². The summed E-state index contributed by atoms with van der Waals surface area (Å²) in [6.07, 6.45) is -0.150. The van der Waals surface area contributed by atoms with Gasteiger partial charge < -0.3 is 4.57 Å². The second-order valence-electron chi connectivity index (χ2n) is 16.1. The molecule has 1 aliphatic carbocycles. The van der Waals surface area contributed by atoms with Crippen LogP contribution >= 0.6 is 0 Å². The van der Waals surface area contributed by atoms with Crippen LogP contribution in [0.2, 0.25) is 0 Å². The van der Waals surface area contributed by atoms with Crippen LogP contribution in [0.25, 0.3) is 49.4 Å². The zero-order valence-corrected chi connectivity index (χ0v) is 33.0. The van der Waals surface area contributed by atoms with E-state index in [-0.39, 0.29) is 18.5 Å². The third kappa shape index (κ3) is 5.22. The highest BCUT2D eigenvalue weighted by molar-refractivity contribution is 6.27. The zero-order chi connectivity index (χ0) is 39.6. The van der Waals surface area contributed by atoms with E-state index in [0.717, 1.165) is 5.69 Å². The van der Waals surface area contributed by atoms with Crippen LogP contribution in [0.1, 0.15) is 57.4 Å². The van der Waals surface area contributed by atoms with Gasteiger partial charge in [-0.3, -0.25) is 16.0 Å². The maximum atomic E-state index is 3.87. The molecule has 1 aliphatic heterocycles. The fraction of sp³-hybridized carbons (Fsp3) is 0.0714. The van der Waals surface area contributed by atoms with Crippen LogP contribution in [0.3, 0.4) is 0 Å². The average molecular weight is 771 g/mol. The molecule has 1 aromatic heterocycles. The second-order valence-corrected chi connectivity index (χ2v) is 16.1. The molecule has 2 unspecified atom stereocenters. The maximum Gasteiger partial charge on any atom is 0.0864 e. The summed E-state index contributed by atoms with van der Waals surface area (Å²) in [6.45, 7) is 0. The van der Waals surface area contributed by atoms with Gasteiger partial charge in [0.1, 0.15) is 0 Å². The highest BCUT2D eigenvalue weighted by atomic mass is 15.4. The molecule has 1 fully saturated rings. The Kier molecular flexibility index (Phi) is 8.17. The van der Waals surface area contributed by atoms with Crippen molar-refractivity contribution in [2.24, 2.45) is 0 Å². The van der Waals surface area contributed by atoms with Gasteiger partial charge in [-0.25, -0.2) is 0 Å². The summed E-state index contributed by atoms with van der Waals surface area (Å²) >= 11 is 0. The summed E-state index contributed by atoms with van der Waals surface area (Å²) in [5, 5.41) is 16.6. The number of rotatable bonds is 6. The van der Waals surface area contributed by atoms with Crippen LogP contribution in [-0.2, 0) is 5.41 Å². The monoisotopic (exact) mass is 770 g/mol. The van der Waals surface area contributed by atoms with Gasteiger partial charge in [-0.1, -0.05) is 200 Å². The van der Waals surface area contributed by atoms with E-state index in [4.69, 9.17) is 0 Å². The first-order valence-electron chi connectivity index (χ1n) is 21.0. The van der Waals surface area contributed by atoms with E-state index in [2.05, 4.69) is 239 Å². The van der Waals surface area contributed by atoms with Gasteiger partial charge in [0.25, 0.3) is 0 Å². The first-order chi connectivity index (χ1) is 29.8. The van der Waals surface area contributed by atoms with Crippen molar-refractivity contribution in [3.63, 3.8) is 0 Å². The lowest BCUT2D eigenvalue weighted by atomic mass is 9.66. The fourth-order valence-electron chi connectivity index (χ4n) is 10.5. The number of aromatic nitrogens is 1.